The van der Waals surface area contributed by atoms with Gasteiger partial charge in [-0.1, -0.05) is 30.3 Å². The Kier molecular flexibility index (Phi) is 4.23. The van der Waals surface area contributed by atoms with E-state index in [2.05, 4.69) is 0 Å². The number of hydrogen-bond donors (Lipinski definition) is 3. The number of benzene rings is 1. The van der Waals surface area contributed by atoms with Gasteiger partial charge < -0.3 is 15.9 Å². The first-order chi connectivity index (χ1) is 7.94. The van der Waals surface area contributed by atoms with Crippen LogP contribution in [0.4, 0.5) is 0 Å². The fourth-order valence-corrected chi connectivity index (χ4v) is 1.56. The van der Waals surface area contributed by atoms with Crippen LogP contribution in [0.2, 0.25) is 0 Å². The normalized spacial score (nSPS) is 13.9. The molecule has 0 aliphatic heterocycles. The average molecular weight is 237 g/mol. The van der Waals surface area contributed by atoms with Crippen LogP contribution in [-0.4, -0.2) is 27.7 Å². The van der Waals surface area contributed by atoms with Gasteiger partial charge in [0.1, 0.15) is 5.54 Å². The van der Waals surface area contributed by atoms with Gasteiger partial charge in [-0.3, -0.25) is 9.59 Å². The predicted octanol–water partition coefficient (Wildman–Crippen LogP) is 0.876. The Bertz CT molecular complexity index is 404. The zero-order valence-corrected chi connectivity index (χ0v) is 9.30. The van der Waals surface area contributed by atoms with Crippen molar-refractivity contribution in [2.24, 2.45) is 5.73 Å². The van der Waals surface area contributed by atoms with Crippen LogP contribution < -0.4 is 5.73 Å². The van der Waals surface area contributed by atoms with Crippen LogP contribution in [0.1, 0.15) is 18.4 Å². The monoisotopic (exact) mass is 237 g/mol. The van der Waals surface area contributed by atoms with Gasteiger partial charge in [-0.2, -0.15) is 0 Å². The van der Waals surface area contributed by atoms with Gasteiger partial charge in [-0.05, 0) is 12.0 Å². The van der Waals surface area contributed by atoms with Crippen LogP contribution in [0.5, 0.6) is 0 Å². The van der Waals surface area contributed by atoms with Crippen molar-refractivity contribution in [3.63, 3.8) is 0 Å². The van der Waals surface area contributed by atoms with E-state index in [1.165, 1.54) is 0 Å². The van der Waals surface area contributed by atoms with Crippen molar-refractivity contribution in [3.8, 4) is 0 Å². The minimum absolute atomic E-state index is 0.0907. The van der Waals surface area contributed by atoms with E-state index in [-0.39, 0.29) is 19.3 Å². The number of rotatable bonds is 6. The Balaban J connectivity index is 2.78. The highest BCUT2D eigenvalue weighted by atomic mass is 16.4. The van der Waals surface area contributed by atoms with Crippen molar-refractivity contribution in [2.45, 2.75) is 24.8 Å². The highest BCUT2D eigenvalue weighted by Crippen LogP contribution is 2.17. The van der Waals surface area contributed by atoms with Gasteiger partial charge in [0.05, 0.1) is 0 Å². The molecule has 92 valence electrons. The van der Waals surface area contributed by atoms with Gasteiger partial charge in [-0.25, -0.2) is 0 Å². The molecule has 5 heteroatoms. The Hall–Kier alpha value is -1.88. The summed E-state index contributed by atoms with van der Waals surface area (Å²) < 4.78 is 0. The maximum absolute atomic E-state index is 11.1. The van der Waals surface area contributed by atoms with Crippen LogP contribution in [-0.2, 0) is 16.0 Å². The predicted molar refractivity (Wildman–Crippen MR) is 61.6 cm³/mol. The highest BCUT2D eigenvalue weighted by Gasteiger charge is 2.34. The maximum atomic E-state index is 11.1. The van der Waals surface area contributed by atoms with E-state index in [1.807, 2.05) is 6.07 Å². The van der Waals surface area contributed by atoms with Crippen LogP contribution in [0.3, 0.4) is 0 Å². The molecule has 1 aromatic carbocycles. The third-order valence-electron chi connectivity index (χ3n) is 2.57. The lowest BCUT2D eigenvalue weighted by Crippen LogP contribution is -2.50. The quantitative estimate of drug-likeness (QED) is 0.681. The lowest BCUT2D eigenvalue weighted by atomic mass is 9.87. The third kappa shape index (κ3) is 3.88. The summed E-state index contributed by atoms with van der Waals surface area (Å²) in [7, 11) is 0. The fraction of sp³-hybridized carbons (Fsp3) is 0.333. The van der Waals surface area contributed by atoms with Crippen molar-refractivity contribution in [2.75, 3.05) is 0 Å². The van der Waals surface area contributed by atoms with E-state index in [1.54, 1.807) is 24.3 Å². The summed E-state index contributed by atoms with van der Waals surface area (Å²) in [6.45, 7) is 0. The lowest BCUT2D eigenvalue weighted by molar-refractivity contribution is -0.144. The molecule has 0 aliphatic carbocycles. The van der Waals surface area contributed by atoms with Crippen molar-refractivity contribution in [1.29, 1.82) is 0 Å². The first-order valence-electron chi connectivity index (χ1n) is 5.22. The summed E-state index contributed by atoms with van der Waals surface area (Å²) in [4.78, 5) is 21.6. The molecule has 1 unspecified atom stereocenters. The highest BCUT2D eigenvalue weighted by molar-refractivity contribution is 5.80. The molecule has 0 saturated carbocycles. The minimum Gasteiger partial charge on any atom is -0.481 e. The summed E-state index contributed by atoms with van der Waals surface area (Å²) in [6, 6.07) is 8.93. The third-order valence-corrected chi connectivity index (χ3v) is 2.57. The zero-order valence-electron chi connectivity index (χ0n) is 9.30. The Morgan fingerprint density at radius 2 is 1.76 bits per heavy atom. The van der Waals surface area contributed by atoms with E-state index < -0.39 is 17.5 Å². The van der Waals surface area contributed by atoms with Gasteiger partial charge in [0, 0.05) is 12.8 Å². The molecule has 0 saturated heterocycles. The number of carboxylic acid groups (broad SMARTS) is 2. The summed E-state index contributed by atoms with van der Waals surface area (Å²) in [5.74, 6) is -2.23. The van der Waals surface area contributed by atoms with Crippen molar-refractivity contribution >= 4 is 11.9 Å². The molecule has 1 atom stereocenters. The van der Waals surface area contributed by atoms with Crippen LogP contribution in [0, 0.1) is 0 Å². The number of carbonyl (C=O) groups is 2. The van der Waals surface area contributed by atoms with E-state index in [4.69, 9.17) is 15.9 Å². The van der Waals surface area contributed by atoms with Crippen molar-refractivity contribution in [3.05, 3.63) is 35.9 Å². The molecule has 0 radical (unpaired) electrons. The Morgan fingerprint density at radius 3 is 2.24 bits per heavy atom. The standard InChI is InChI=1S/C12H15NO4/c13-12(11(16)17,7-6-10(14)15)8-9-4-2-1-3-5-9/h1-5H,6-8,13H2,(H,14,15)(H,16,17). The first-order valence-corrected chi connectivity index (χ1v) is 5.22. The topological polar surface area (TPSA) is 101 Å². The summed E-state index contributed by atoms with van der Waals surface area (Å²) in [5.41, 5.74) is 5.01. The first kappa shape index (κ1) is 13.2. The average Bonchev–Trinajstić information content (AvgIpc) is 2.27. The molecular formula is C12H15NO4. The SMILES string of the molecule is NC(CCC(=O)O)(Cc1ccccc1)C(=O)O. The van der Waals surface area contributed by atoms with E-state index in [0.717, 1.165) is 5.56 Å². The summed E-state index contributed by atoms with van der Waals surface area (Å²) in [5, 5.41) is 17.7. The van der Waals surface area contributed by atoms with Crippen molar-refractivity contribution < 1.29 is 19.8 Å². The minimum atomic E-state index is -1.53. The second-order valence-corrected chi connectivity index (χ2v) is 4.02. The van der Waals surface area contributed by atoms with Gasteiger partial charge in [-0.15, -0.1) is 0 Å². The van der Waals surface area contributed by atoms with Gasteiger partial charge in [0.25, 0.3) is 0 Å². The Labute approximate surface area is 98.9 Å². The number of hydrogen-bond acceptors (Lipinski definition) is 3. The summed E-state index contributed by atoms with van der Waals surface area (Å²) >= 11 is 0. The van der Waals surface area contributed by atoms with Gasteiger partial charge in [0.15, 0.2) is 0 Å². The number of carboxylic acids is 2. The largest absolute Gasteiger partial charge is 0.481 e. The number of aliphatic carboxylic acids is 2. The van der Waals surface area contributed by atoms with Crippen LogP contribution in [0.25, 0.3) is 0 Å². The molecule has 5 nitrogen and oxygen atoms in total. The molecule has 0 aliphatic rings. The molecule has 17 heavy (non-hydrogen) atoms. The molecule has 1 rings (SSSR count). The van der Waals surface area contributed by atoms with E-state index in [0.29, 0.717) is 0 Å². The molecule has 0 heterocycles. The number of nitrogens with two attached hydrogens (primary N) is 1. The molecule has 0 amide bonds. The van der Waals surface area contributed by atoms with Gasteiger partial charge in [0.2, 0.25) is 0 Å². The molecule has 4 N–H and O–H groups in total. The molecule has 1 aromatic rings. The molecule has 0 bridgehead atoms. The molecule has 0 aromatic heterocycles. The molecular weight excluding hydrogens is 222 g/mol. The fourth-order valence-electron chi connectivity index (χ4n) is 1.56. The summed E-state index contributed by atoms with van der Waals surface area (Å²) in [6.07, 6.45) is -0.224. The molecule has 0 fully saturated rings. The van der Waals surface area contributed by atoms with Crippen LogP contribution >= 0.6 is 0 Å². The van der Waals surface area contributed by atoms with E-state index in [9.17, 15) is 9.59 Å². The smallest absolute Gasteiger partial charge is 0.324 e. The molecule has 0 spiro atoms. The second-order valence-electron chi connectivity index (χ2n) is 4.02. The van der Waals surface area contributed by atoms with Gasteiger partial charge >= 0.3 is 11.9 Å². The van der Waals surface area contributed by atoms with Crippen LogP contribution in [0.15, 0.2) is 30.3 Å². The van der Waals surface area contributed by atoms with Crippen molar-refractivity contribution in [1.82, 2.24) is 0 Å². The lowest BCUT2D eigenvalue weighted by Gasteiger charge is -2.24. The zero-order chi connectivity index (χ0) is 12.9. The Morgan fingerprint density at radius 1 is 1.18 bits per heavy atom. The van der Waals surface area contributed by atoms with E-state index >= 15 is 0 Å². The maximum Gasteiger partial charge on any atom is 0.324 e. The second kappa shape index (κ2) is 5.45.